The number of hydrogen-bond acceptors (Lipinski definition) is 3. The molecule has 3 heteroatoms. The SMILES string of the molecule is CCCCN(CCCC)CCCC(C)(C#N)NCC. The largest absolute Gasteiger partial charge is 0.303 e. The summed E-state index contributed by atoms with van der Waals surface area (Å²) in [6.45, 7) is 13.0. The molecule has 0 saturated heterocycles. The molecule has 0 aromatic carbocycles. The smallest absolute Gasteiger partial charge is 0.103 e. The molecule has 19 heavy (non-hydrogen) atoms. The maximum absolute atomic E-state index is 9.24. The summed E-state index contributed by atoms with van der Waals surface area (Å²) in [5.41, 5.74) is -0.351. The average Bonchev–Trinajstić information content (AvgIpc) is 2.41. The molecule has 0 saturated carbocycles. The molecule has 0 aliphatic heterocycles. The van der Waals surface area contributed by atoms with Crippen LogP contribution in [0.25, 0.3) is 0 Å². The molecule has 0 aliphatic carbocycles. The minimum absolute atomic E-state index is 0.351. The van der Waals surface area contributed by atoms with E-state index < -0.39 is 0 Å². The Kier molecular flexibility index (Phi) is 10.9. The molecule has 0 aromatic rings. The molecule has 0 radical (unpaired) electrons. The van der Waals surface area contributed by atoms with Gasteiger partial charge in [0.15, 0.2) is 0 Å². The molecule has 3 nitrogen and oxygen atoms in total. The Morgan fingerprint density at radius 1 is 1.00 bits per heavy atom. The number of rotatable bonds is 12. The van der Waals surface area contributed by atoms with Gasteiger partial charge in [0.05, 0.1) is 6.07 Å². The third-order valence-corrected chi connectivity index (χ3v) is 3.62. The third kappa shape index (κ3) is 9.02. The van der Waals surface area contributed by atoms with Crippen LogP contribution in [-0.4, -0.2) is 36.6 Å². The predicted molar refractivity (Wildman–Crippen MR) is 83.2 cm³/mol. The van der Waals surface area contributed by atoms with Crippen molar-refractivity contribution in [2.45, 2.75) is 71.8 Å². The monoisotopic (exact) mass is 267 g/mol. The number of nitrogens with zero attached hydrogens (tertiary/aromatic N) is 2. The van der Waals surface area contributed by atoms with Crippen molar-refractivity contribution >= 4 is 0 Å². The first-order valence-electron chi connectivity index (χ1n) is 8.00. The molecule has 0 amide bonds. The molecule has 1 N–H and O–H groups in total. The van der Waals surface area contributed by atoms with Gasteiger partial charge in [-0.15, -0.1) is 0 Å². The Bertz CT molecular complexity index is 239. The summed E-state index contributed by atoms with van der Waals surface area (Å²) in [5, 5.41) is 12.5. The van der Waals surface area contributed by atoms with Crippen LogP contribution in [0.3, 0.4) is 0 Å². The second kappa shape index (κ2) is 11.3. The van der Waals surface area contributed by atoms with Crippen LogP contribution in [0.5, 0.6) is 0 Å². The van der Waals surface area contributed by atoms with Crippen LogP contribution in [0.2, 0.25) is 0 Å². The summed E-state index contributed by atoms with van der Waals surface area (Å²) in [7, 11) is 0. The van der Waals surface area contributed by atoms with E-state index in [2.05, 4.69) is 37.1 Å². The normalized spacial score (nSPS) is 14.3. The first-order valence-corrected chi connectivity index (χ1v) is 8.00. The first kappa shape index (κ1) is 18.4. The van der Waals surface area contributed by atoms with Crippen molar-refractivity contribution in [2.75, 3.05) is 26.2 Å². The molecular formula is C16H33N3. The Labute approximate surface area is 120 Å². The van der Waals surface area contributed by atoms with Crippen LogP contribution in [0.1, 0.15) is 66.2 Å². The number of unbranched alkanes of at least 4 members (excludes halogenated alkanes) is 2. The Morgan fingerprint density at radius 3 is 1.95 bits per heavy atom. The van der Waals surface area contributed by atoms with Crippen LogP contribution >= 0.6 is 0 Å². The quantitative estimate of drug-likeness (QED) is 0.587. The van der Waals surface area contributed by atoms with Gasteiger partial charge in [0, 0.05) is 0 Å². The van der Waals surface area contributed by atoms with Crippen molar-refractivity contribution in [1.29, 1.82) is 5.26 Å². The lowest BCUT2D eigenvalue weighted by Crippen LogP contribution is -2.41. The van der Waals surface area contributed by atoms with Gasteiger partial charge in [0.2, 0.25) is 0 Å². The van der Waals surface area contributed by atoms with Gasteiger partial charge in [-0.25, -0.2) is 0 Å². The second-order valence-electron chi connectivity index (χ2n) is 5.63. The highest BCUT2D eigenvalue weighted by molar-refractivity contribution is 5.03. The highest BCUT2D eigenvalue weighted by Gasteiger charge is 2.21. The molecule has 112 valence electrons. The summed E-state index contributed by atoms with van der Waals surface area (Å²) in [4.78, 5) is 2.57. The van der Waals surface area contributed by atoms with Gasteiger partial charge in [-0.05, 0) is 58.8 Å². The van der Waals surface area contributed by atoms with Crippen LogP contribution in [-0.2, 0) is 0 Å². The summed E-state index contributed by atoms with van der Waals surface area (Å²) in [6, 6.07) is 2.41. The highest BCUT2D eigenvalue weighted by Crippen LogP contribution is 2.12. The van der Waals surface area contributed by atoms with E-state index in [0.29, 0.717) is 0 Å². The zero-order chi connectivity index (χ0) is 14.6. The van der Waals surface area contributed by atoms with Crippen molar-refractivity contribution in [3.63, 3.8) is 0 Å². The van der Waals surface area contributed by atoms with Gasteiger partial charge in [0.1, 0.15) is 5.54 Å². The zero-order valence-electron chi connectivity index (χ0n) is 13.5. The molecule has 0 aromatic heterocycles. The van der Waals surface area contributed by atoms with Crippen LogP contribution in [0.15, 0.2) is 0 Å². The van der Waals surface area contributed by atoms with E-state index >= 15 is 0 Å². The van der Waals surface area contributed by atoms with E-state index in [4.69, 9.17) is 0 Å². The van der Waals surface area contributed by atoms with E-state index in [0.717, 1.165) is 25.9 Å². The Balaban J connectivity index is 4.04. The minimum atomic E-state index is -0.351. The average molecular weight is 267 g/mol. The molecule has 0 heterocycles. The van der Waals surface area contributed by atoms with Crippen molar-refractivity contribution in [1.82, 2.24) is 10.2 Å². The van der Waals surface area contributed by atoms with Crippen molar-refractivity contribution < 1.29 is 0 Å². The van der Waals surface area contributed by atoms with Gasteiger partial charge in [-0.3, -0.25) is 5.32 Å². The number of hydrogen-bond donors (Lipinski definition) is 1. The van der Waals surface area contributed by atoms with Gasteiger partial charge >= 0.3 is 0 Å². The summed E-state index contributed by atoms with van der Waals surface area (Å²) in [5.74, 6) is 0. The van der Waals surface area contributed by atoms with E-state index in [9.17, 15) is 5.26 Å². The molecule has 1 atom stereocenters. The van der Waals surface area contributed by atoms with Crippen molar-refractivity contribution in [3.05, 3.63) is 0 Å². The fraction of sp³-hybridized carbons (Fsp3) is 0.938. The van der Waals surface area contributed by atoms with E-state index in [-0.39, 0.29) is 5.54 Å². The number of nitrogens with one attached hydrogen (secondary N) is 1. The summed E-state index contributed by atoms with van der Waals surface area (Å²) >= 11 is 0. The van der Waals surface area contributed by atoms with Gasteiger partial charge in [-0.1, -0.05) is 33.6 Å². The molecule has 0 rings (SSSR count). The van der Waals surface area contributed by atoms with E-state index in [1.165, 1.54) is 38.8 Å². The number of nitriles is 1. The highest BCUT2D eigenvalue weighted by atomic mass is 15.1. The third-order valence-electron chi connectivity index (χ3n) is 3.62. The standard InChI is InChI=1S/C16H33N3/c1-5-8-12-19(13-9-6-2)14-10-11-16(4,15-17)18-7-3/h18H,5-14H2,1-4H3. The van der Waals surface area contributed by atoms with Gasteiger partial charge < -0.3 is 4.90 Å². The van der Waals surface area contributed by atoms with Crippen molar-refractivity contribution in [3.8, 4) is 6.07 Å². The molecular weight excluding hydrogens is 234 g/mol. The van der Waals surface area contributed by atoms with E-state index in [1.807, 2.05) is 6.92 Å². The Hall–Kier alpha value is -0.590. The molecule has 0 bridgehead atoms. The second-order valence-corrected chi connectivity index (χ2v) is 5.63. The maximum Gasteiger partial charge on any atom is 0.103 e. The molecule has 0 spiro atoms. The van der Waals surface area contributed by atoms with Crippen molar-refractivity contribution in [2.24, 2.45) is 0 Å². The van der Waals surface area contributed by atoms with Crippen LogP contribution in [0, 0.1) is 11.3 Å². The molecule has 1 unspecified atom stereocenters. The zero-order valence-corrected chi connectivity index (χ0v) is 13.5. The van der Waals surface area contributed by atoms with Gasteiger partial charge in [0.25, 0.3) is 0 Å². The fourth-order valence-corrected chi connectivity index (χ4v) is 2.33. The first-order chi connectivity index (χ1) is 9.11. The fourth-order valence-electron chi connectivity index (χ4n) is 2.33. The lowest BCUT2D eigenvalue weighted by molar-refractivity contribution is 0.250. The lowest BCUT2D eigenvalue weighted by atomic mass is 9.97. The maximum atomic E-state index is 9.24. The minimum Gasteiger partial charge on any atom is -0.303 e. The molecule has 0 fully saturated rings. The summed E-state index contributed by atoms with van der Waals surface area (Å²) < 4.78 is 0. The summed E-state index contributed by atoms with van der Waals surface area (Å²) in [6.07, 6.45) is 7.13. The Morgan fingerprint density at radius 2 is 1.53 bits per heavy atom. The van der Waals surface area contributed by atoms with E-state index in [1.54, 1.807) is 0 Å². The predicted octanol–water partition coefficient (Wildman–Crippen LogP) is 3.56. The lowest BCUT2D eigenvalue weighted by Gasteiger charge is -2.26. The molecule has 0 aliphatic rings. The van der Waals surface area contributed by atoms with Gasteiger partial charge in [-0.2, -0.15) is 5.26 Å². The topological polar surface area (TPSA) is 39.1 Å². The van der Waals surface area contributed by atoms with Crippen LogP contribution < -0.4 is 5.32 Å². The van der Waals surface area contributed by atoms with Crippen LogP contribution in [0.4, 0.5) is 0 Å².